The molecular formula is C11H20N4S2. The molecule has 1 fully saturated rings. The summed E-state index contributed by atoms with van der Waals surface area (Å²) in [5.74, 6) is 0.683. The molecule has 0 radical (unpaired) electrons. The van der Waals surface area contributed by atoms with Crippen molar-refractivity contribution in [1.82, 2.24) is 9.27 Å². The van der Waals surface area contributed by atoms with Gasteiger partial charge < -0.3 is 15.5 Å². The van der Waals surface area contributed by atoms with Crippen molar-refractivity contribution < 1.29 is 0 Å². The highest BCUT2D eigenvalue weighted by Gasteiger charge is 2.24. The van der Waals surface area contributed by atoms with Gasteiger partial charge in [-0.1, -0.05) is 0 Å². The molecule has 1 unspecified atom stereocenters. The number of hydrogen-bond donors (Lipinski definition) is 1. The smallest absolute Gasteiger partial charge is 0.153 e. The first-order chi connectivity index (χ1) is 8.13. The van der Waals surface area contributed by atoms with Gasteiger partial charge in [0.05, 0.1) is 4.90 Å². The van der Waals surface area contributed by atoms with Gasteiger partial charge in [0, 0.05) is 19.1 Å². The second-order valence-electron chi connectivity index (χ2n) is 4.56. The fraction of sp³-hybridized carbons (Fsp3) is 0.727. The topological polar surface area (TPSA) is 45.4 Å². The lowest BCUT2D eigenvalue weighted by atomic mass is 10.3. The number of nitrogens with zero attached hydrogens (tertiary/aromatic N) is 3. The van der Waals surface area contributed by atoms with Crippen LogP contribution in [0.1, 0.15) is 13.3 Å². The molecule has 96 valence electrons. The SMILES string of the molecule is CSc1c(N)nsc1N1CCCN(C)CC1C. The summed E-state index contributed by atoms with van der Waals surface area (Å²) >= 11 is 3.23. The molecule has 1 aliphatic rings. The molecule has 2 N–H and O–H groups in total. The van der Waals surface area contributed by atoms with Crippen LogP contribution >= 0.6 is 23.3 Å². The highest BCUT2D eigenvalue weighted by Crippen LogP contribution is 2.38. The molecule has 0 aliphatic carbocycles. The molecule has 0 bridgehead atoms. The van der Waals surface area contributed by atoms with E-state index in [1.165, 1.54) is 29.5 Å². The van der Waals surface area contributed by atoms with Gasteiger partial charge in [-0.15, -0.1) is 11.8 Å². The second kappa shape index (κ2) is 5.46. The minimum absolute atomic E-state index is 0.522. The summed E-state index contributed by atoms with van der Waals surface area (Å²) in [7, 11) is 2.19. The maximum Gasteiger partial charge on any atom is 0.153 e. The lowest BCUT2D eigenvalue weighted by Gasteiger charge is -2.29. The van der Waals surface area contributed by atoms with Crippen LogP contribution in [0.4, 0.5) is 10.8 Å². The van der Waals surface area contributed by atoms with Gasteiger partial charge in [0.15, 0.2) is 5.82 Å². The molecule has 2 heterocycles. The molecule has 1 aliphatic heterocycles. The van der Waals surface area contributed by atoms with E-state index in [-0.39, 0.29) is 0 Å². The zero-order valence-corrected chi connectivity index (χ0v) is 12.3. The van der Waals surface area contributed by atoms with E-state index in [4.69, 9.17) is 5.73 Å². The van der Waals surface area contributed by atoms with Crippen molar-refractivity contribution in [3.8, 4) is 0 Å². The van der Waals surface area contributed by atoms with E-state index in [0.717, 1.165) is 18.0 Å². The predicted octanol–water partition coefficient (Wildman–Crippen LogP) is 1.98. The van der Waals surface area contributed by atoms with Gasteiger partial charge in [-0.2, -0.15) is 4.37 Å². The Morgan fingerprint density at radius 1 is 1.47 bits per heavy atom. The van der Waals surface area contributed by atoms with Crippen molar-refractivity contribution in [3.63, 3.8) is 0 Å². The quantitative estimate of drug-likeness (QED) is 0.834. The molecule has 6 heteroatoms. The molecule has 1 atom stereocenters. The van der Waals surface area contributed by atoms with Crippen LogP contribution in [0, 0.1) is 0 Å². The van der Waals surface area contributed by atoms with Gasteiger partial charge in [0.2, 0.25) is 0 Å². The number of hydrogen-bond acceptors (Lipinski definition) is 6. The maximum atomic E-state index is 5.91. The molecule has 0 amide bonds. The Labute approximate surface area is 111 Å². The van der Waals surface area contributed by atoms with Crippen molar-refractivity contribution in [3.05, 3.63) is 0 Å². The van der Waals surface area contributed by atoms with Crippen molar-refractivity contribution >= 4 is 34.1 Å². The lowest BCUT2D eigenvalue weighted by molar-refractivity contribution is 0.337. The molecule has 4 nitrogen and oxygen atoms in total. The molecule has 2 rings (SSSR count). The zero-order chi connectivity index (χ0) is 12.4. The Bertz CT molecular complexity index is 380. The minimum Gasteiger partial charge on any atom is -0.382 e. The van der Waals surface area contributed by atoms with Crippen LogP contribution in [0.2, 0.25) is 0 Å². The van der Waals surface area contributed by atoms with Crippen LogP contribution in [-0.4, -0.2) is 48.3 Å². The fourth-order valence-electron chi connectivity index (χ4n) is 2.33. The molecule has 17 heavy (non-hydrogen) atoms. The van der Waals surface area contributed by atoms with Gasteiger partial charge in [-0.3, -0.25) is 0 Å². The molecule has 1 saturated heterocycles. The number of nitrogens with two attached hydrogens (primary N) is 1. The second-order valence-corrected chi connectivity index (χ2v) is 6.13. The third kappa shape index (κ3) is 2.69. The van der Waals surface area contributed by atoms with Crippen LogP contribution in [0.15, 0.2) is 4.90 Å². The molecule has 0 saturated carbocycles. The highest BCUT2D eigenvalue weighted by molar-refractivity contribution is 7.99. The summed E-state index contributed by atoms with van der Waals surface area (Å²) in [5, 5.41) is 1.25. The van der Waals surface area contributed by atoms with Crippen LogP contribution in [-0.2, 0) is 0 Å². The maximum absolute atomic E-state index is 5.91. The molecule has 1 aromatic heterocycles. The van der Waals surface area contributed by atoms with Gasteiger partial charge in [0.1, 0.15) is 5.00 Å². The van der Waals surface area contributed by atoms with Crippen LogP contribution in [0.5, 0.6) is 0 Å². The predicted molar refractivity (Wildman–Crippen MR) is 77.2 cm³/mol. The highest BCUT2D eigenvalue weighted by atomic mass is 32.2. The van der Waals surface area contributed by atoms with Gasteiger partial charge >= 0.3 is 0 Å². The van der Waals surface area contributed by atoms with Crippen molar-refractivity contribution in [1.29, 1.82) is 0 Å². The number of rotatable bonds is 2. The minimum atomic E-state index is 0.522. The summed E-state index contributed by atoms with van der Waals surface area (Å²) in [5.41, 5.74) is 5.91. The normalized spacial score (nSPS) is 22.8. The van der Waals surface area contributed by atoms with Crippen molar-refractivity contribution in [2.75, 3.05) is 43.6 Å². The Hall–Kier alpha value is -0.460. The molecular weight excluding hydrogens is 252 g/mol. The largest absolute Gasteiger partial charge is 0.382 e. The van der Waals surface area contributed by atoms with E-state index in [0.29, 0.717) is 11.9 Å². The summed E-state index contributed by atoms with van der Waals surface area (Å²) in [6.45, 7) is 5.65. The average Bonchev–Trinajstić information content (AvgIpc) is 2.56. The summed E-state index contributed by atoms with van der Waals surface area (Å²) in [6.07, 6.45) is 3.27. The first-order valence-electron chi connectivity index (χ1n) is 5.87. The van der Waals surface area contributed by atoms with Crippen molar-refractivity contribution in [2.45, 2.75) is 24.3 Å². The number of thioether (sulfide) groups is 1. The number of likely N-dealkylation sites (N-methyl/N-ethyl adjacent to an activating group) is 1. The van der Waals surface area contributed by atoms with E-state index < -0.39 is 0 Å². The monoisotopic (exact) mass is 272 g/mol. The Morgan fingerprint density at radius 3 is 2.94 bits per heavy atom. The van der Waals surface area contributed by atoms with E-state index >= 15 is 0 Å². The lowest BCUT2D eigenvalue weighted by Crippen LogP contribution is -2.37. The number of anilines is 2. The van der Waals surface area contributed by atoms with Gasteiger partial charge in [-0.05, 0) is 44.7 Å². The number of nitrogen functional groups attached to an aromatic ring is 1. The summed E-state index contributed by atoms with van der Waals surface area (Å²) < 4.78 is 4.29. The van der Waals surface area contributed by atoms with E-state index in [2.05, 4.69) is 34.4 Å². The first-order valence-corrected chi connectivity index (χ1v) is 7.87. The van der Waals surface area contributed by atoms with Crippen LogP contribution in [0.3, 0.4) is 0 Å². The average molecular weight is 272 g/mol. The fourth-order valence-corrected chi connectivity index (χ4v) is 4.14. The molecule has 0 spiro atoms. The molecule has 1 aromatic rings. The van der Waals surface area contributed by atoms with E-state index in [1.54, 1.807) is 11.8 Å². The molecule has 0 aromatic carbocycles. The van der Waals surface area contributed by atoms with Gasteiger partial charge in [-0.25, -0.2) is 0 Å². The third-order valence-electron chi connectivity index (χ3n) is 3.17. The van der Waals surface area contributed by atoms with Gasteiger partial charge in [0.25, 0.3) is 0 Å². The Balaban J connectivity index is 2.25. The Kier molecular flexibility index (Phi) is 4.17. The van der Waals surface area contributed by atoms with Crippen molar-refractivity contribution in [2.24, 2.45) is 0 Å². The van der Waals surface area contributed by atoms with E-state index in [1.807, 2.05) is 0 Å². The standard InChI is InChI=1S/C11H20N4S2/c1-8-7-14(2)5-4-6-15(8)11-9(16-3)10(12)13-17-11/h8H,4-7H2,1-3H3,(H2,12,13). The third-order valence-corrected chi connectivity index (χ3v) is 5.01. The zero-order valence-electron chi connectivity index (χ0n) is 10.6. The van der Waals surface area contributed by atoms with E-state index in [9.17, 15) is 0 Å². The number of aromatic nitrogens is 1. The van der Waals surface area contributed by atoms with Crippen LogP contribution in [0.25, 0.3) is 0 Å². The Morgan fingerprint density at radius 2 is 2.24 bits per heavy atom. The first kappa shape index (κ1) is 13.0. The van der Waals surface area contributed by atoms with Crippen LogP contribution < -0.4 is 10.6 Å². The summed E-state index contributed by atoms with van der Waals surface area (Å²) in [4.78, 5) is 6.00. The summed E-state index contributed by atoms with van der Waals surface area (Å²) in [6, 6.07) is 0.522.